The second-order valence-electron chi connectivity index (χ2n) is 4.60. The molecular formula is C11H18O. The second kappa shape index (κ2) is 2.72. The fourth-order valence-corrected chi connectivity index (χ4v) is 2.07. The molecule has 0 amide bonds. The smallest absolute Gasteiger partial charge is 0.161 e. The monoisotopic (exact) mass is 166 g/mol. The molecule has 0 N–H and O–H groups in total. The Kier molecular flexibility index (Phi) is 2.15. The maximum Gasteiger partial charge on any atom is 0.161 e. The van der Waals surface area contributed by atoms with Gasteiger partial charge in [0.15, 0.2) is 5.78 Å². The third-order valence-corrected chi connectivity index (χ3v) is 3.21. The zero-order chi connectivity index (χ0) is 9.52. The molecule has 0 saturated carbocycles. The first-order valence-corrected chi connectivity index (χ1v) is 4.58. The number of allylic oxidation sites excluding steroid dienone is 2. The summed E-state index contributed by atoms with van der Waals surface area (Å²) < 4.78 is 0. The van der Waals surface area contributed by atoms with E-state index in [1.54, 1.807) is 0 Å². The van der Waals surface area contributed by atoms with Crippen LogP contribution in [-0.2, 0) is 4.79 Å². The van der Waals surface area contributed by atoms with Crippen LogP contribution in [0.15, 0.2) is 11.1 Å². The van der Waals surface area contributed by atoms with Crippen LogP contribution < -0.4 is 0 Å². The second-order valence-corrected chi connectivity index (χ2v) is 4.60. The summed E-state index contributed by atoms with van der Waals surface area (Å²) in [6.07, 6.45) is 0.995. The van der Waals surface area contributed by atoms with Crippen LogP contribution in [0.4, 0.5) is 0 Å². The zero-order valence-electron chi connectivity index (χ0n) is 8.69. The van der Waals surface area contributed by atoms with Gasteiger partial charge in [0.05, 0.1) is 0 Å². The van der Waals surface area contributed by atoms with Gasteiger partial charge in [-0.3, -0.25) is 4.79 Å². The predicted molar refractivity (Wildman–Crippen MR) is 50.9 cm³/mol. The van der Waals surface area contributed by atoms with Crippen molar-refractivity contribution in [1.29, 1.82) is 0 Å². The minimum Gasteiger partial charge on any atom is -0.294 e. The molecule has 0 spiro atoms. The Morgan fingerprint density at radius 2 is 1.83 bits per heavy atom. The molecule has 0 aromatic heterocycles. The third kappa shape index (κ3) is 1.33. The highest BCUT2D eigenvalue weighted by atomic mass is 16.1. The molecule has 1 aliphatic rings. The van der Waals surface area contributed by atoms with Crippen LogP contribution in [0.3, 0.4) is 0 Å². The summed E-state index contributed by atoms with van der Waals surface area (Å²) in [5.74, 6) is 0.551. The van der Waals surface area contributed by atoms with Crippen LogP contribution in [0.25, 0.3) is 0 Å². The summed E-state index contributed by atoms with van der Waals surface area (Å²) in [5.41, 5.74) is 2.47. The van der Waals surface area contributed by atoms with Crippen molar-refractivity contribution in [2.75, 3.05) is 0 Å². The summed E-state index contributed by atoms with van der Waals surface area (Å²) in [6, 6.07) is 0. The SMILES string of the molecule is CC1=C(C)C(C)(C)CC(C)C1=O. The van der Waals surface area contributed by atoms with Crippen molar-refractivity contribution in [2.45, 2.75) is 41.0 Å². The van der Waals surface area contributed by atoms with E-state index in [4.69, 9.17) is 0 Å². The number of carbonyl (C=O) groups is 1. The fraction of sp³-hybridized carbons (Fsp3) is 0.727. The molecule has 0 heterocycles. The van der Waals surface area contributed by atoms with Gasteiger partial charge in [-0.1, -0.05) is 26.3 Å². The molecule has 68 valence electrons. The third-order valence-electron chi connectivity index (χ3n) is 3.21. The highest BCUT2D eigenvalue weighted by Crippen LogP contribution is 2.40. The van der Waals surface area contributed by atoms with Crippen LogP contribution in [0.5, 0.6) is 0 Å². The average molecular weight is 166 g/mol. The molecule has 0 fully saturated rings. The van der Waals surface area contributed by atoms with E-state index in [1.165, 1.54) is 5.57 Å². The van der Waals surface area contributed by atoms with Gasteiger partial charge < -0.3 is 0 Å². The minimum atomic E-state index is 0.212. The highest BCUT2D eigenvalue weighted by molar-refractivity contribution is 5.98. The molecule has 0 aromatic rings. The van der Waals surface area contributed by atoms with E-state index in [0.29, 0.717) is 5.78 Å². The minimum absolute atomic E-state index is 0.212. The average Bonchev–Trinajstić information content (AvgIpc) is 1.97. The van der Waals surface area contributed by atoms with E-state index >= 15 is 0 Å². The van der Waals surface area contributed by atoms with E-state index in [2.05, 4.69) is 20.8 Å². The van der Waals surface area contributed by atoms with E-state index in [1.807, 2.05) is 13.8 Å². The topological polar surface area (TPSA) is 17.1 Å². The predicted octanol–water partition coefficient (Wildman–Crippen LogP) is 2.96. The van der Waals surface area contributed by atoms with Crippen LogP contribution in [0.2, 0.25) is 0 Å². The zero-order valence-corrected chi connectivity index (χ0v) is 8.69. The number of rotatable bonds is 0. The molecule has 1 heteroatoms. The van der Waals surface area contributed by atoms with Crippen molar-refractivity contribution in [1.82, 2.24) is 0 Å². The molecule has 1 rings (SSSR count). The van der Waals surface area contributed by atoms with E-state index in [-0.39, 0.29) is 11.3 Å². The lowest BCUT2D eigenvalue weighted by atomic mass is 9.69. The van der Waals surface area contributed by atoms with Crippen molar-refractivity contribution in [3.8, 4) is 0 Å². The van der Waals surface area contributed by atoms with Crippen LogP contribution >= 0.6 is 0 Å². The Hall–Kier alpha value is -0.590. The molecule has 1 atom stereocenters. The normalized spacial score (nSPS) is 29.4. The largest absolute Gasteiger partial charge is 0.294 e. The molecule has 0 saturated heterocycles. The molecule has 1 unspecified atom stereocenters. The number of Topliss-reactive ketones (excluding diaryl/α,β-unsaturated/α-hetero) is 1. The van der Waals surface area contributed by atoms with E-state index < -0.39 is 0 Å². The maximum absolute atomic E-state index is 11.6. The van der Waals surface area contributed by atoms with Crippen molar-refractivity contribution >= 4 is 5.78 Å². The fourth-order valence-electron chi connectivity index (χ4n) is 2.07. The Morgan fingerprint density at radius 3 is 2.33 bits per heavy atom. The number of hydrogen-bond donors (Lipinski definition) is 0. The lowest BCUT2D eigenvalue weighted by Crippen LogP contribution is -2.30. The van der Waals surface area contributed by atoms with Gasteiger partial charge in [0, 0.05) is 5.92 Å². The van der Waals surface area contributed by atoms with E-state index in [9.17, 15) is 4.79 Å². The number of carbonyl (C=O) groups excluding carboxylic acids is 1. The summed E-state index contributed by atoms with van der Waals surface area (Å²) in [6.45, 7) is 10.5. The lowest BCUT2D eigenvalue weighted by molar-refractivity contribution is -0.120. The first-order chi connectivity index (χ1) is 5.36. The molecule has 0 radical (unpaired) electrons. The van der Waals surface area contributed by atoms with Gasteiger partial charge in [-0.05, 0) is 31.3 Å². The molecule has 0 bridgehead atoms. The van der Waals surface area contributed by atoms with Gasteiger partial charge in [0.1, 0.15) is 0 Å². The summed E-state index contributed by atoms with van der Waals surface area (Å²) in [5, 5.41) is 0. The van der Waals surface area contributed by atoms with Gasteiger partial charge in [-0.2, -0.15) is 0 Å². The molecule has 1 nitrogen and oxygen atoms in total. The summed E-state index contributed by atoms with van der Waals surface area (Å²) in [4.78, 5) is 11.6. The molecule has 0 aromatic carbocycles. The molecule has 12 heavy (non-hydrogen) atoms. The maximum atomic E-state index is 11.6. The first-order valence-electron chi connectivity index (χ1n) is 4.58. The van der Waals surface area contributed by atoms with Crippen LogP contribution in [0.1, 0.15) is 41.0 Å². The van der Waals surface area contributed by atoms with Crippen LogP contribution in [-0.4, -0.2) is 5.78 Å². The summed E-state index contributed by atoms with van der Waals surface area (Å²) >= 11 is 0. The highest BCUT2D eigenvalue weighted by Gasteiger charge is 2.33. The standard InChI is InChI=1S/C11H18O/c1-7-6-11(4,5)9(3)8(2)10(7)12/h7H,6H2,1-5H3. The van der Waals surface area contributed by atoms with Crippen molar-refractivity contribution < 1.29 is 4.79 Å². The molecule has 1 aliphatic carbocycles. The number of ketones is 1. The first kappa shape index (κ1) is 9.50. The summed E-state index contributed by atoms with van der Waals surface area (Å²) in [7, 11) is 0. The van der Waals surface area contributed by atoms with Crippen molar-refractivity contribution in [3.63, 3.8) is 0 Å². The molecule has 0 aliphatic heterocycles. The van der Waals surface area contributed by atoms with Gasteiger partial charge in [-0.25, -0.2) is 0 Å². The number of hydrogen-bond acceptors (Lipinski definition) is 1. The lowest BCUT2D eigenvalue weighted by Gasteiger charge is -2.35. The van der Waals surface area contributed by atoms with Gasteiger partial charge in [0.2, 0.25) is 0 Å². The van der Waals surface area contributed by atoms with Crippen LogP contribution in [0, 0.1) is 11.3 Å². The quantitative estimate of drug-likeness (QED) is 0.540. The molecular weight excluding hydrogens is 148 g/mol. The van der Waals surface area contributed by atoms with Crippen molar-refractivity contribution in [2.24, 2.45) is 11.3 Å². The Balaban J connectivity index is 3.13. The Morgan fingerprint density at radius 1 is 1.33 bits per heavy atom. The Bertz CT molecular complexity index is 246. The van der Waals surface area contributed by atoms with E-state index in [0.717, 1.165) is 12.0 Å². The van der Waals surface area contributed by atoms with Gasteiger partial charge in [0.25, 0.3) is 0 Å². The van der Waals surface area contributed by atoms with Gasteiger partial charge in [-0.15, -0.1) is 0 Å². The Labute approximate surface area is 74.9 Å². The van der Waals surface area contributed by atoms with Crippen molar-refractivity contribution in [3.05, 3.63) is 11.1 Å². The van der Waals surface area contributed by atoms with Gasteiger partial charge >= 0.3 is 0 Å².